The molecule has 2 heterocycles. The van der Waals surface area contributed by atoms with Crippen molar-refractivity contribution < 1.29 is 13.9 Å². The number of rotatable bonds is 1. The Labute approximate surface area is 67.7 Å². The van der Waals surface area contributed by atoms with Crippen molar-refractivity contribution in [2.45, 2.75) is 5.44 Å². The molecular formula is C7H6O3S. The van der Waals surface area contributed by atoms with Gasteiger partial charge in [0.25, 0.3) is 0 Å². The molecule has 0 bridgehead atoms. The molecule has 1 fully saturated rings. The summed E-state index contributed by atoms with van der Waals surface area (Å²) in [4.78, 5) is 10.7. The van der Waals surface area contributed by atoms with Gasteiger partial charge in [0.15, 0.2) is 5.76 Å². The van der Waals surface area contributed by atoms with Crippen LogP contribution in [0.15, 0.2) is 22.8 Å². The molecule has 0 spiro atoms. The Morgan fingerprint density at radius 2 is 2.55 bits per heavy atom. The SMILES string of the molecule is O=C1CSC(c2ccco2)O1. The van der Waals surface area contributed by atoms with Gasteiger partial charge in [-0.15, -0.1) is 0 Å². The van der Waals surface area contributed by atoms with Crippen molar-refractivity contribution in [1.82, 2.24) is 0 Å². The maximum Gasteiger partial charge on any atom is 0.317 e. The highest BCUT2D eigenvalue weighted by Gasteiger charge is 2.27. The Hall–Kier alpha value is -0.900. The normalized spacial score (nSPS) is 23.6. The van der Waals surface area contributed by atoms with Crippen LogP contribution in [0.25, 0.3) is 0 Å². The van der Waals surface area contributed by atoms with Gasteiger partial charge in [-0.1, -0.05) is 11.8 Å². The van der Waals surface area contributed by atoms with Gasteiger partial charge in [-0.25, -0.2) is 0 Å². The van der Waals surface area contributed by atoms with E-state index in [0.29, 0.717) is 11.5 Å². The smallest absolute Gasteiger partial charge is 0.317 e. The zero-order valence-electron chi connectivity index (χ0n) is 5.65. The van der Waals surface area contributed by atoms with Gasteiger partial charge in [0.2, 0.25) is 5.44 Å². The molecule has 0 saturated carbocycles. The minimum atomic E-state index is -0.225. The fourth-order valence-electron chi connectivity index (χ4n) is 0.897. The molecule has 1 aliphatic rings. The zero-order chi connectivity index (χ0) is 7.68. The van der Waals surface area contributed by atoms with Crippen molar-refractivity contribution in [3.05, 3.63) is 24.2 Å². The van der Waals surface area contributed by atoms with E-state index in [0.717, 1.165) is 0 Å². The fraction of sp³-hybridized carbons (Fsp3) is 0.286. The standard InChI is InChI=1S/C7H6O3S/c8-6-4-11-7(10-6)5-2-1-3-9-5/h1-3,7H,4H2. The lowest BCUT2D eigenvalue weighted by Crippen LogP contribution is -1.97. The first kappa shape index (κ1) is 6.79. The van der Waals surface area contributed by atoms with Crippen molar-refractivity contribution in [2.24, 2.45) is 0 Å². The van der Waals surface area contributed by atoms with Crippen LogP contribution in [0.3, 0.4) is 0 Å². The highest BCUT2D eigenvalue weighted by atomic mass is 32.2. The number of carbonyl (C=O) groups is 1. The third-order valence-corrected chi connectivity index (χ3v) is 2.40. The molecule has 0 aromatic carbocycles. The van der Waals surface area contributed by atoms with Crippen LogP contribution >= 0.6 is 11.8 Å². The maximum atomic E-state index is 10.7. The Balaban J connectivity index is 2.13. The maximum absolute atomic E-state index is 10.7. The molecular weight excluding hydrogens is 164 g/mol. The van der Waals surface area contributed by atoms with Crippen molar-refractivity contribution >= 4 is 17.7 Å². The summed E-state index contributed by atoms with van der Waals surface area (Å²) < 4.78 is 10.0. The summed E-state index contributed by atoms with van der Waals surface area (Å²) in [5, 5.41) is 0. The van der Waals surface area contributed by atoms with Crippen molar-refractivity contribution in [1.29, 1.82) is 0 Å². The van der Waals surface area contributed by atoms with Gasteiger partial charge in [0.05, 0.1) is 12.0 Å². The van der Waals surface area contributed by atoms with E-state index < -0.39 is 0 Å². The second-order valence-electron chi connectivity index (χ2n) is 2.15. The predicted molar refractivity (Wildman–Crippen MR) is 40.0 cm³/mol. The number of esters is 1. The van der Waals surface area contributed by atoms with Gasteiger partial charge in [-0.05, 0) is 12.1 Å². The zero-order valence-corrected chi connectivity index (χ0v) is 6.47. The molecule has 11 heavy (non-hydrogen) atoms. The van der Waals surface area contributed by atoms with E-state index in [-0.39, 0.29) is 11.4 Å². The van der Waals surface area contributed by atoms with E-state index in [1.165, 1.54) is 11.8 Å². The van der Waals surface area contributed by atoms with E-state index in [1.807, 2.05) is 0 Å². The molecule has 0 N–H and O–H groups in total. The molecule has 4 heteroatoms. The second kappa shape index (κ2) is 2.62. The summed E-state index contributed by atoms with van der Waals surface area (Å²) in [5.74, 6) is 0.961. The van der Waals surface area contributed by atoms with Gasteiger partial charge in [-0.3, -0.25) is 4.79 Å². The van der Waals surface area contributed by atoms with E-state index in [2.05, 4.69) is 0 Å². The molecule has 2 rings (SSSR count). The van der Waals surface area contributed by atoms with Gasteiger partial charge in [-0.2, -0.15) is 0 Å². The largest absolute Gasteiger partial charge is 0.464 e. The van der Waals surface area contributed by atoms with Crippen LogP contribution in [0.1, 0.15) is 11.2 Å². The number of thioether (sulfide) groups is 1. The molecule has 1 aromatic heterocycles. The van der Waals surface area contributed by atoms with E-state index in [4.69, 9.17) is 9.15 Å². The number of carbonyl (C=O) groups excluding carboxylic acids is 1. The number of ether oxygens (including phenoxy) is 1. The number of hydrogen-bond donors (Lipinski definition) is 0. The van der Waals surface area contributed by atoms with Gasteiger partial charge in [0, 0.05) is 0 Å². The van der Waals surface area contributed by atoms with Crippen molar-refractivity contribution in [2.75, 3.05) is 5.75 Å². The first-order valence-electron chi connectivity index (χ1n) is 3.21. The van der Waals surface area contributed by atoms with Crippen LogP contribution in [0.5, 0.6) is 0 Å². The molecule has 0 aliphatic carbocycles. The van der Waals surface area contributed by atoms with Crippen molar-refractivity contribution in [3.8, 4) is 0 Å². The van der Waals surface area contributed by atoms with E-state index >= 15 is 0 Å². The van der Waals surface area contributed by atoms with Crippen molar-refractivity contribution in [3.63, 3.8) is 0 Å². The highest BCUT2D eigenvalue weighted by molar-refractivity contribution is 8.00. The van der Waals surface area contributed by atoms with Gasteiger partial charge in [0.1, 0.15) is 0 Å². The molecule has 1 aromatic rings. The Morgan fingerprint density at radius 1 is 1.64 bits per heavy atom. The lowest BCUT2D eigenvalue weighted by atomic mass is 10.5. The average Bonchev–Trinajstić information content (AvgIpc) is 2.55. The highest BCUT2D eigenvalue weighted by Crippen LogP contribution is 2.35. The number of furan rings is 1. The van der Waals surface area contributed by atoms with Crippen LogP contribution in [-0.4, -0.2) is 11.7 Å². The summed E-state index contributed by atoms with van der Waals surface area (Å²) >= 11 is 1.44. The molecule has 58 valence electrons. The molecule has 0 radical (unpaired) electrons. The van der Waals surface area contributed by atoms with Crippen LogP contribution in [0.2, 0.25) is 0 Å². The lowest BCUT2D eigenvalue weighted by molar-refractivity contribution is -0.140. The summed E-state index contributed by atoms with van der Waals surface area (Å²) in [6.45, 7) is 0. The summed E-state index contributed by atoms with van der Waals surface area (Å²) in [7, 11) is 0. The second-order valence-corrected chi connectivity index (χ2v) is 3.20. The Morgan fingerprint density at radius 3 is 3.09 bits per heavy atom. The summed E-state index contributed by atoms with van der Waals surface area (Å²) in [6, 6.07) is 3.58. The molecule has 1 saturated heterocycles. The first-order valence-corrected chi connectivity index (χ1v) is 4.25. The minimum absolute atomic E-state index is 0.170. The van der Waals surface area contributed by atoms with Crippen LogP contribution < -0.4 is 0 Å². The van der Waals surface area contributed by atoms with E-state index in [1.54, 1.807) is 18.4 Å². The molecule has 3 nitrogen and oxygen atoms in total. The Bertz CT molecular complexity index is 255. The molecule has 1 unspecified atom stereocenters. The summed E-state index contributed by atoms with van der Waals surface area (Å²) in [6.07, 6.45) is 1.57. The average molecular weight is 170 g/mol. The third-order valence-electron chi connectivity index (χ3n) is 1.37. The van der Waals surface area contributed by atoms with Gasteiger partial charge >= 0.3 is 5.97 Å². The number of cyclic esters (lactones) is 1. The fourth-order valence-corrected chi connectivity index (χ4v) is 1.73. The topological polar surface area (TPSA) is 39.4 Å². The van der Waals surface area contributed by atoms with Crippen LogP contribution in [0.4, 0.5) is 0 Å². The quantitative estimate of drug-likeness (QED) is 0.600. The van der Waals surface area contributed by atoms with Gasteiger partial charge < -0.3 is 9.15 Å². The molecule has 0 amide bonds. The molecule has 1 aliphatic heterocycles. The summed E-state index contributed by atoms with van der Waals surface area (Å²) in [5.41, 5.74) is -0.225. The lowest BCUT2D eigenvalue weighted by Gasteiger charge is -2.02. The molecule has 1 atom stereocenters. The van der Waals surface area contributed by atoms with Crippen LogP contribution in [0, 0.1) is 0 Å². The van der Waals surface area contributed by atoms with Crippen LogP contribution in [-0.2, 0) is 9.53 Å². The number of hydrogen-bond acceptors (Lipinski definition) is 4. The predicted octanol–water partition coefficient (Wildman–Crippen LogP) is 1.57. The van der Waals surface area contributed by atoms with E-state index in [9.17, 15) is 4.79 Å². The third kappa shape index (κ3) is 1.26. The first-order chi connectivity index (χ1) is 5.36. The Kier molecular flexibility index (Phi) is 1.62. The monoisotopic (exact) mass is 170 g/mol. The minimum Gasteiger partial charge on any atom is -0.464 e.